The maximum absolute atomic E-state index is 2.61. The van der Waals surface area contributed by atoms with Gasteiger partial charge in [-0.3, -0.25) is 0 Å². The fourth-order valence-corrected chi connectivity index (χ4v) is 1.97. The van der Waals surface area contributed by atoms with Gasteiger partial charge in [0, 0.05) is 13.1 Å². The zero-order valence-electron chi connectivity index (χ0n) is 8.14. The lowest BCUT2D eigenvalue weighted by Gasteiger charge is -2.31. The second-order valence-electron chi connectivity index (χ2n) is 4.40. The molecular formula is C10H21N. The first-order valence-corrected chi connectivity index (χ1v) is 4.91. The van der Waals surface area contributed by atoms with E-state index in [9.17, 15) is 0 Å². The normalized spacial score (nSPS) is 27.8. The van der Waals surface area contributed by atoms with Crippen molar-refractivity contribution in [3.05, 3.63) is 0 Å². The lowest BCUT2D eigenvalue weighted by molar-refractivity contribution is 0.167. The summed E-state index contributed by atoms with van der Waals surface area (Å²) in [4.78, 5) is 2.61. The standard InChI is InChI=1S/C10H21N/c1-9(2)7-11-6-4-5-10(3)8-11/h9-10H,4-8H2,1-3H3/t10-/m1/s1. The molecule has 0 aromatic heterocycles. The predicted octanol–water partition coefficient (Wildman–Crippen LogP) is 2.37. The fourth-order valence-electron chi connectivity index (χ4n) is 1.97. The van der Waals surface area contributed by atoms with Crippen molar-refractivity contribution < 1.29 is 0 Å². The Morgan fingerprint density at radius 3 is 2.73 bits per heavy atom. The Morgan fingerprint density at radius 1 is 1.45 bits per heavy atom. The van der Waals surface area contributed by atoms with E-state index in [4.69, 9.17) is 0 Å². The Bertz CT molecular complexity index is 107. The summed E-state index contributed by atoms with van der Waals surface area (Å²) in [5, 5.41) is 0. The molecule has 1 rings (SSSR count). The summed E-state index contributed by atoms with van der Waals surface area (Å²) in [6.45, 7) is 10.9. The Morgan fingerprint density at radius 2 is 2.18 bits per heavy atom. The maximum Gasteiger partial charge on any atom is 0.000714 e. The third kappa shape index (κ3) is 3.24. The largest absolute Gasteiger partial charge is 0.303 e. The van der Waals surface area contributed by atoms with Crippen LogP contribution in [-0.4, -0.2) is 24.5 Å². The average molecular weight is 155 g/mol. The van der Waals surface area contributed by atoms with Crippen molar-refractivity contribution in [3.63, 3.8) is 0 Å². The third-order valence-corrected chi connectivity index (χ3v) is 2.36. The van der Waals surface area contributed by atoms with Crippen molar-refractivity contribution in [3.8, 4) is 0 Å². The Balaban J connectivity index is 2.23. The summed E-state index contributed by atoms with van der Waals surface area (Å²) >= 11 is 0. The smallest absolute Gasteiger partial charge is 0.000714 e. The van der Waals surface area contributed by atoms with Gasteiger partial charge in [0.1, 0.15) is 0 Å². The highest BCUT2D eigenvalue weighted by molar-refractivity contribution is 4.70. The van der Waals surface area contributed by atoms with Gasteiger partial charge in [-0.2, -0.15) is 0 Å². The van der Waals surface area contributed by atoms with Crippen LogP contribution in [0.2, 0.25) is 0 Å². The second kappa shape index (κ2) is 4.10. The van der Waals surface area contributed by atoms with Crippen LogP contribution in [0.15, 0.2) is 0 Å². The molecule has 0 aromatic carbocycles. The highest BCUT2D eigenvalue weighted by Crippen LogP contribution is 2.16. The van der Waals surface area contributed by atoms with Crippen molar-refractivity contribution >= 4 is 0 Å². The summed E-state index contributed by atoms with van der Waals surface area (Å²) in [5.74, 6) is 1.77. The topological polar surface area (TPSA) is 3.24 Å². The molecule has 1 heteroatoms. The SMILES string of the molecule is CC(C)CN1CCC[C@@H](C)C1. The third-order valence-electron chi connectivity index (χ3n) is 2.36. The maximum atomic E-state index is 2.61. The van der Waals surface area contributed by atoms with Gasteiger partial charge >= 0.3 is 0 Å². The molecule has 11 heavy (non-hydrogen) atoms. The first-order valence-electron chi connectivity index (χ1n) is 4.91. The lowest BCUT2D eigenvalue weighted by atomic mass is 9.99. The van der Waals surface area contributed by atoms with Gasteiger partial charge in [-0.25, -0.2) is 0 Å². The number of rotatable bonds is 2. The van der Waals surface area contributed by atoms with E-state index in [0.717, 1.165) is 11.8 Å². The molecule has 0 spiro atoms. The van der Waals surface area contributed by atoms with Crippen molar-refractivity contribution in [2.24, 2.45) is 11.8 Å². The minimum atomic E-state index is 0.834. The molecule has 0 saturated carbocycles. The highest BCUT2D eigenvalue weighted by atomic mass is 15.1. The Kier molecular flexibility index (Phi) is 3.38. The number of piperidine rings is 1. The van der Waals surface area contributed by atoms with Crippen LogP contribution in [-0.2, 0) is 0 Å². The van der Waals surface area contributed by atoms with Crippen LogP contribution in [0.5, 0.6) is 0 Å². The molecule has 0 aliphatic carbocycles. The Hall–Kier alpha value is -0.0400. The van der Waals surface area contributed by atoms with Gasteiger partial charge in [-0.05, 0) is 31.2 Å². The summed E-state index contributed by atoms with van der Waals surface area (Å²) in [7, 11) is 0. The molecule has 0 N–H and O–H groups in total. The molecule has 0 amide bonds. The van der Waals surface area contributed by atoms with Gasteiger partial charge in [0.25, 0.3) is 0 Å². The second-order valence-corrected chi connectivity index (χ2v) is 4.40. The van der Waals surface area contributed by atoms with Crippen LogP contribution >= 0.6 is 0 Å². The lowest BCUT2D eigenvalue weighted by Crippen LogP contribution is -2.36. The summed E-state index contributed by atoms with van der Waals surface area (Å²) < 4.78 is 0. The van der Waals surface area contributed by atoms with E-state index < -0.39 is 0 Å². The van der Waals surface area contributed by atoms with E-state index in [-0.39, 0.29) is 0 Å². The zero-order chi connectivity index (χ0) is 8.27. The van der Waals surface area contributed by atoms with Crippen LogP contribution in [0.1, 0.15) is 33.6 Å². The molecule has 0 bridgehead atoms. The van der Waals surface area contributed by atoms with E-state index >= 15 is 0 Å². The molecule has 0 aromatic rings. The zero-order valence-corrected chi connectivity index (χ0v) is 8.14. The number of hydrogen-bond donors (Lipinski definition) is 0. The van der Waals surface area contributed by atoms with Crippen molar-refractivity contribution in [1.82, 2.24) is 4.90 Å². The van der Waals surface area contributed by atoms with E-state index in [0.29, 0.717) is 0 Å². The van der Waals surface area contributed by atoms with Gasteiger partial charge in [0.15, 0.2) is 0 Å². The first kappa shape index (κ1) is 9.05. The number of hydrogen-bond acceptors (Lipinski definition) is 1. The minimum Gasteiger partial charge on any atom is -0.303 e. The van der Waals surface area contributed by atoms with Crippen LogP contribution in [0, 0.1) is 11.8 Å². The van der Waals surface area contributed by atoms with Crippen LogP contribution in [0.25, 0.3) is 0 Å². The summed E-state index contributed by atoms with van der Waals surface area (Å²) in [6, 6.07) is 0. The van der Waals surface area contributed by atoms with Crippen molar-refractivity contribution in [1.29, 1.82) is 0 Å². The Labute approximate surface area is 70.8 Å². The molecule has 1 nitrogen and oxygen atoms in total. The molecule has 1 aliphatic rings. The van der Waals surface area contributed by atoms with Gasteiger partial charge < -0.3 is 4.90 Å². The first-order chi connectivity index (χ1) is 5.18. The van der Waals surface area contributed by atoms with Crippen LogP contribution in [0.4, 0.5) is 0 Å². The highest BCUT2D eigenvalue weighted by Gasteiger charge is 2.16. The number of nitrogens with zero attached hydrogens (tertiary/aromatic N) is 1. The van der Waals surface area contributed by atoms with Gasteiger partial charge in [-0.1, -0.05) is 20.8 Å². The van der Waals surface area contributed by atoms with E-state index in [2.05, 4.69) is 25.7 Å². The van der Waals surface area contributed by atoms with E-state index in [1.165, 1.54) is 32.5 Å². The van der Waals surface area contributed by atoms with Crippen LogP contribution < -0.4 is 0 Å². The molecule has 66 valence electrons. The van der Waals surface area contributed by atoms with E-state index in [1.807, 2.05) is 0 Å². The van der Waals surface area contributed by atoms with Crippen molar-refractivity contribution in [2.45, 2.75) is 33.6 Å². The molecule has 1 heterocycles. The van der Waals surface area contributed by atoms with Gasteiger partial charge in [0.2, 0.25) is 0 Å². The number of likely N-dealkylation sites (tertiary alicyclic amines) is 1. The van der Waals surface area contributed by atoms with Crippen LogP contribution in [0.3, 0.4) is 0 Å². The molecular weight excluding hydrogens is 134 g/mol. The molecule has 0 unspecified atom stereocenters. The quantitative estimate of drug-likeness (QED) is 0.592. The summed E-state index contributed by atoms with van der Waals surface area (Å²) in [5.41, 5.74) is 0. The average Bonchev–Trinajstić information content (AvgIpc) is 1.85. The van der Waals surface area contributed by atoms with Gasteiger partial charge in [0.05, 0.1) is 0 Å². The molecule has 1 aliphatic heterocycles. The van der Waals surface area contributed by atoms with E-state index in [1.54, 1.807) is 0 Å². The predicted molar refractivity (Wildman–Crippen MR) is 49.7 cm³/mol. The molecule has 1 saturated heterocycles. The molecule has 1 atom stereocenters. The minimum absolute atomic E-state index is 0.834. The van der Waals surface area contributed by atoms with Gasteiger partial charge in [-0.15, -0.1) is 0 Å². The molecule has 0 radical (unpaired) electrons. The summed E-state index contributed by atoms with van der Waals surface area (Å²) in [6.07, 6.45) is 2.85. The van der Waals surface area contributed by atoms with Crippen molar-refractivity contribution in [2.75, 3.05) is 19.6 Å². The monoisotopic (exact) mass is 155 g/mol. The fraction of sp³-hybridized carbons (Fsp3) is 1.00. The molecule has 1 fully saturated rings.